The van der Waals surface area contributed by atoms with Crippen LogP contribution in [0.25, 0.3) is 5.57 Å². The van der Waals surface area contributed by atoms with Crippen LogP contribution < -0.4 is 0 Å². The highest BCUT2D eigenvalue weighted by molar-refractivity contribution is 5.70. The summed E-state index contributed by atoms with van der Waals surface area (Å²) in [6.45, 7) is 17.0. The van der Waals surface area contributed by atoms with Gasteiger partial charge in [0.25, 0.3) is 6.29 Å². The van der Waals surface area contributed by atoms with Crippen LogP contribution in [0.4, 0.5) is 0 Å². The van der Waals surface area contributed by atoms with Crippen molar-refractivity contribution in [2.75, 3.05) is 32.7 Å². The number of ether oxygens (including phenoxy) is 2. The highest BCUT2D eigenvalue weighted by Crippen LogP contribution is 2.48. The molecule has 1 atom stereocenters. The van der Waals surface area contributed by atoms with Crippen LogP contribution in [0.3, 0.4) is 0 Å². The summed E-state index contributed by atoms with van der Waals surface area (Å²) in [6.07, 6.45) is 7.43. The standard InChI is InChI=1S/C26H38N2O2/c1-6-11-27-12-14-28(15-13-27)23-18-29-24(30-23)22-10-8-7-9-21(22)20-16-25(2,3)19-26(4,5)17-20/h7-10,16,18,24H,6,11-15,17,19H2,1-5H3. The fraction of sp³-hybridized carbons (Fsp3) is 0.615. The molecule has 4 rings (SSSR count). The fourth-order valence-corrected chi connectivity index (χ4v) is 5.63. The topological polar surface area (TPSA) is 24.9 Å². The van der Waals surface area contributed by atoms with Gasteiger partial charge in [0.05, 0.1) is 0 Å². The van der Waals surface area contributed by atoms with Crippen molar-refractivity contribution in [3.63, 3.8) is 0 Å². The molecule has 2 aliphatic heterocycles. The lowest BCUT2D eigenvalue weighted by molar-refractivity contribution is -0.0563. The Kier molecular flexibility index (Phi) is 5.89. The molecule has 1 aliphatic carbocycles. The van der Waals surface area contributed by atoms with Crippen LogP contribution in [0.1, 0.15) is 71.3 Å². The lowest BCUT2D eigenvalue weighted by atomic mass is 9.65. The second kappa shape index (κ2) is 8.30. The summed E-state index contributed by atoms with van der Waals surface area (Å²) in [5.41, 5.74) is 4.31. The number of benzene rings is 1. The molecule has 1 aromatic carbocycles. The SMILES string of the molecule is CCCN1CCN(C2=COC(c3ccccc3C3=CC(C)(C)CC(C)(C)C3)O2)CC1. The molecule has 4 heteroatoms. The third kappa shape index (κ3) is 4.69. The van der Waals surface area contributed by atoms with Crippen molar-refractivity contribution in [2.45, 2.75) is 60.2 Å². The van der Waals surface area contributed by atoms with Gasteiger partial charge in [-0.2, -0.15) is 0 Å². The smallest absolute Gasteiger partial charge is 0.269 e. The van der Waals surface area contributed by atoms with Crippen molar-refractivity contribution >= 4 is 5.57 Å². The maximum absolute atomic E-state index is 6.34. The molecule has 0 aromatic heterocycles. The van der Waals surface area contributed by atoms with Gasteiger partial charge in [-0.15, -0.1) is 0 Å². The molecular weight excluding hydrogens is 372 g/mol. The van der Waals surface area contributed by atoms with Crippen molar-refractivity contribution in [3.8, 4) is 0 Å². The van der Waals surface area contributed by atoms with E-state index >= 15 is 0 Å². The Labute approximate surface area is 182 Å². The number of nitrogens with zero attached hydrogens (tertiary/aromatic N) is 2. The van der Waals surface area contributed by atoms with Crippen molar-refractivity contribution < 1.29 is 9.47 Å². The molecule has 0 spiro atoms. The minimum Gasteiger partial charge on any atom is -0.453 e. The zero-order chi connectivity index (χ0) is 21.4. The first-order valence-electron chi connectivity index (χ1n) is 11.6. The van der Waals surface area contributed by atoms with E-state index in [1.807, 2.05) is 6.26 Å². The third-order valence-electron chi connectivity index (χ3n) is 6.47. The molecule has 0 bridgehead atoms. The average molecular weight is 411 g/mol. The molecule has 0 saturated carbocycles. The first kappa shape index (κ1) is 21.3. The summed E-state index contributed by atoms with van der Waals surface area (Å²) < 4.78 is 12.4. The van der Waals surface area contributed by atoms with E-state index in [1.165, 1.54) is 30.5 Å². The molecule has 0 N–H and O–H groups in total. The van der Waals surface area contributed by atoms with E-state index < -0.39 is 0 Å². The van der Waals surface area contributed by atoms with Gasteiger partial charge in [-0.3, -0.25) is 4.90 Å². The quantitative estimate of drug-likeness (QED) is 0.613. The Hall–Kier alpha value is -1.94. The summed E-state index contributed by atoms with van der Waals surface area (Å²) in [5.74, 6) is 0.879. The zero-order valence-electron chi connectivity index (χ0n) is 19.4. The molecule has 2 heterocycles. The van der Waals surface area contributed by atoms with Gasteiger partial charge in [-0.05, 0) is 47.8 Å². The Morgan fingerprint density at radius 3 is 2.47 bits per heavy atom. The summed E-state index contributed by atoms with van der Waals surface area (Å²) >= 11 is 0. The number of hydrogen-bond donors (Lipinski definition) is 0. The van der Waals surface area contributed by atoms with E-state index in [2.05, 4.69) is 74.8 Å². The lowest BCUT2D eigenvalue weighted by Gasteiger charge is -2.40. The Morgan fingerprint density at radius 1 is 1.03 bits per heavy atom. The minimum atomic E-state index is -0.362. The summed E-state index contributed by atoms with van der Waals surface area (Å²) in [7, 11) is 0. The van der Waals surface area contributed by atoms with E-state index in [0.717, 1.165) is 44.0 Å². The third-order valence-corrected chi connectivity index (χ3v) is 6.47. The summed E-state index contributed by atoms with van der Waals surface area (Å²) in [4.78, 5) is 4.85. The van der Waals surface area contributed by atoms with Crippen LogP contribution >= 0.6 is 0 Å². The molecule has 3 aliphatic rings. The molecule has 1 saturated heterocycles. The van der Waals surface area contributed by atoms with Gasteiger partial charge in [0.2, 0.25) is 5.88 Å². The molecule has 30 heavy (non-hydrogen) atoms. The van der Waals surface area contributed by atoms with E-state index in [1.54, 1.807) is 0 Å². The highest BCUT2D eigenvalue weighted by Gasteiger charge is 2.36. The predicted octanol–water partition coefficient (Wildman–Crippen LogP) is 5.79. The molecule has 1 fully saturated rings. The van der Waals surface area contributed by atoms with Crippen molar-refractivity contribution in [3.05, 3.63) is 53.6 Å². The largest absolute Gasteiger partial charge is 0.453 e. The number of piperazine rings is 1. The van der Waals surface area contributed by atoms with Gasteiger partial charge in [-0.1, -0.05) is 65.0 Å². The van der Waals surface area contributed by atoms with Gasteiger partial charge in [-0.25, -0.2) is 0 Å². The van der Waals surface area contributed by atoms with Gasteiger partial charge in [0.1, 0.15) is 6.26 Å². The Bertz CT molecular complexity index is 816. The lowest BCUT2D eigenvalue weighted by Crippen LogP contribution is -2.46. The number of hydrogen-bond acceptors (Lipinski definition) is 4. The maximum atomic E-state index is 6.34. The van der Waals surface area contributed by atoms with Gasteiger partial charge >= 0.3 is 0 Å². The first-order valence-corrected chi connectivity index (χ1v) is 11.6. The maximum Gasteiger partial charge on any atom is 0.269 e. The number of allylic oxidation sites excluding steroid dienone is 2. The van der Waals surface area contributed by atoms with Crippen LogP contribution in [0.5, 0.6) is 0 Å². The van der Waals surface area contributed by atoms with Gasteiger partial charge in [0.15, 0.2) is 0 Å². The minimum absolute atomic E-state index is 0.198. The van der Waals surface area contributed by atoms with E-state index in [0.29, 0.717) is 5.41 Å². The average Bonchev–Trinajstić information content (AvgIpc) is 3.16. The molecule has 164 valence electrons. The predicted molar refractivity (Wildman–Crippen MR) is 123 cm³/mol. The van der Waals surface area contributed by atoms with E-state index in [9.17, 15) is 0 Å². The van der Waals surface area contributed by atoms with Crippen molar-refractivity contribution in [2.24, 2.45) is 10.8 Å². The van der Waals surface area contributed by atoms with Gasteiger partial charge in [0, 0.05) is 31.7 Å². The highest BCUT2D eigenvalue weighted by atomic mass is 16.7. The monoisotopic (exact) mass is 410 g/mol. The summed E-state index contributed by atoms with van der Waals surface area (Å²) in [6, 6.07) is 8.61. The van der Waals surface area contributed by atoms with Crippen LogP contribution in [-0.4, -0.2) is 42.5 Å². The van der Waals surface area contributed by atoms with Gasteiger partial charge < -0.3 is 14.4 Å². The molecule has 1 aromatic rings. The molecule has 1 unspecified atom stereocenters. The Balaban J connectivity index is 1.49. The second-order valence-corrected chi connectivity index (χ2v) is 10.6. The second-order valence-electron chi connectivity index (χ2n) is 10.6. The molecule has 4 nitrogen and oxygen atoms in total. The Morgan fingerprint density at radius 2 is 1.77 bits per heavy atom. The van der Waals surface area contributed by atoms with Crippen LogP contribution in [0.15, 0.2) is 42.5 Å². The number of rotatable bonds is 5. The van der Waals surface area contributed by atoms with Crippen molar-refractivity contribution in [1.82, 2.24) is 9.80 Å². The van der Waals surface area contributed by atoms with Crippen molar-refractivity contribution in [1.29, 1.82) is 0 Å². The van der Waals surface area contributed by atoms with E-state index in [-0.39, 0.29) is 11.7 Å². The zero-order valence-corrected chi connectivity index (χ0v) is 19.4. The van der Waals surface area contributed by atoms with E-state index in [4.69, 9.17) is 9.47 Å². The van der Waals surface area contributed by atoms with Crippen LogP contribution in [-0.2, 0) is 9.47 Å². The van der Waals surface area contributed by atoms with Crippen LogP contribution in [0, 0.1) is 10.8 Å². The normalized spacial score (nSPS) is 25.9. The first-order chi connectivity index (χ1) is 14.3. The molecule has 0 amide bonds. The summed E-state index contributed by atoms with van der Waals surface area (Å²) in [5, 5.41) is 0. The molecular formula is C26H38N2O2. The fourth-order valence-electron chi connectivity index (χ4n) is 5.63. The molecule has 0 radical (unpaired) electrons. The van der Waals surface area contributed by atoms with Crippen LogP contribution in [0.2, 0.25) is 0 Å².